The Morgan fingerprint density at radius 1 is 1.12 bits per heavy atom. The molecule has 1 rings (SSSR count). The molecular formula is C9H9F5N2. The molecule has 1 atom stereocenters. The number of nitrogens with one attached hydrogen (secondary N) is 1. The largest absolute Gasteiger partial charge is 0.390 e. The quantitative estimate of drug-likeness (QED) is 0.483. The summed E-state index contributed by atoms with van der Waals surface area (Å²) >= 11 is 0. The Labute approximate surface area is 88.2 Å². The van der Waals surface area contributed by atoms with Crippen molar-refractivity contribution >= 4 is 0 Å². The molecule has 0 aliphatic heterocycles. The summed E-state index contributed by atoms with van der Waals surface area (Å²) in [6, 6.07) is 0.814. The Kier molecular flexibility index (Phi) is 3.82. The highest BCUT2D eigenvalue weighted by atomic mass is 19.4. The molecule has 0 spiro atoms. The zero-order valence-corrected chi connectivity index (χ0v) is 7.98. The number of nitrogens with two attached hydrogens (primary N) is 1. The van der Waals surface area contributed by atoms with E-state index in [1.165, 1.54) is 0 Å². The summed E-state index contributed by atoms with van der Waals surface area (Å²) in [5.41, 5.74) is 1.69. The van der Waals surface area contributed by atoms with Crippen LogP contribution in [0.5, 0.6) is 0 Å². The summed E-state index contributed by atoms with van der Waals surface area (Å²) in [6.07, 6.45) is -5.77. The second-order valence-electron chi connectivity index (χ2n) is 3.24. The molecule has 0 aliphatic rings. The fourth-order valence-electron chi connectivity index (χ4n) is 1.28. The van der Waals surface area contributed by atoms with Gasteiger partial charge in [-0.3, -0.25) is 11.3 Å². The normalized spacial score (nSPS) is 13.9. The zero-order chi connectivity index (χ0) is 12.3. The third-order valence-corrected chi connectivity index (χ3v) is 1.92. The van der Waals surface area contributed by atoms with Gasteiger partial charge < -0.3 is 0 Å². The molecule has 0 fully saturated rings. The molecule has 0 radical (unpaired) electrons. The van der Waals surface area contributed by atoms with Crippen LogP contribution in [-0.2, 0) is 0 Å². The Bertz CT molecular complexity index is 343. The summed E-state index contributed by atoms with van der Waals surface area (Å²) in [6.45, 7) is 0. The predicted molar refractivity (Wildman–Crippen MR) is 47.1 cm³/mol. The van der Waals surface area contributed by atoms with Crippen molar-refractivity contribution in [1.82, 2.24) is 5.43 Å². The molecule has 16 heavy (non-hydrogen) atoms. The van der Waals surface area contributed by atoms with E-state index < -0.39 is 30.3 Å². The first-order valence-corrected chi connectivity index (χ1v) is 4.30. The number of rotatable bonds is 3. The van der Waals surface area contributed by atoms with Gasteiger partial charge in [0.05, 0.1) is 12.5 Å². The van der Waals surface area contributed by atoms with Crippen LogP contribution in [0.4, 0.5) is 22.0 Å². The van der Waals surface area contributed by atoms with Crippen LogP contribution in [0, 0.1) is 11.6 Å². The molecule has 0 saturated heterocycles. The van der Waals surface area contributed by atoms with Crippen molar-refractivity contribution in [2.45, 2.75) is 18.6 Å². The smallest absolute Gasteiger partial charge is 0.271 e. The Morgan fingerprint density at radius 3 is 2.00 bits per heavy atom. The van der Waals surface area contributed by atoms with Crippen LogP contribution in [0.15, 0.2) is 18.2 Å². The summed E-state index contributed by atoms with van der Waals surface area (Å²) < 4.78 is 61.8. The summed E-state index contributed by atoms with van der Waals surface area (Å²) in [7, 11) is 0. The van der Waals surface area contributed by atoms with Crippen LogP contribution in [0.25, 0.3) is 0 Å². The molecular weight excluding hydrogens is 231 g/mol. The van der Waals surface area contributed by atoms with Gasteiger partial charge >= 0.3 is 6.18 Å². The van der Waals surface area contributed by atoms with Crippen molar-refractivity contribution < 1.29 is 22.0 Å². The Balaban J connectivity index is 2.95. The van der Waals surface area contributed by atoms with Crippen molar-refractivity contribution in [2.75, 3.05) is 0 Å². The topological polar surface area (TPSA) is 38.0 Å². The average Bonchev–Trinajstić information content (AvgIpc) is 2.11. The second-order valence-corrected chi connectivity index (χ2v) is 3.24. The number of benzene rings is 1. The molecule has 3 N–H and O–H groups in total. The highest BCUT2D eigenvalue weighted by Gasteiger charge is 2.32. The molecule has 1 aromatic carbocycles. The number of hydrazine groups is 1. The maximum Gasteiger partial charge on any atom is 0.390 e. The van der Waals surface area contributed by atoms with Crippen LogP contribution in [0.2, 0.25) is 0 Å². The minimum Gasteiger partial charge on any atom is -0.271 e. The lowest BCUT2D eigenvalue weighted by molar-refractivity contribution is -0.140. The van der Waals surface area contributed by atoms with Gasteiger partial charge in [-0.05, 0) is 17.7 Å². The lowest BCUT2D eigenvalue weighted by Gasteiger charge is -2.18. The van der Waals surface area contributed by atoms with E-state index >= 15 is 0 Å². The van der Waals surface area contributed by atoms with E-state index in [4.69, 9.17) is 5.84 Å². The number of hydrogen-bond donors (Lipinski definition) is 2. The lowest BCUT2D eigenvalue weighted by atomic mass is 10.0. The van der Waals surface area contributed by atoms with Crippen LogP contribution in [0.3, 0.4) is 0 Å². The second kappa shape index (κ2) is 4.75. The van der Waals surface area contributed by atoms with Crippen molar-refractivity contribution in [2.24, 2.45) is 5.84 Å². The standard InChI is InChI=1S/C9H9F5N2/c10-6-1-5(2-7(11)3-6)8(16-15)4-9(12,13)14/h1-3,8,16H,4,15H2. The molecule has 7 heteroatoms. The van der Waals surface area contributed by atoms with Crippen molar-refractivity contribution in [3.63, 3.8) is 0 Å². The van der Waals surface area contributed by atoms with E-state index in [0.29, 0.717) is 6.07 Å². The van der Waals surface area contributed by atoms with Crippen molar-refractivity contribution in [3.8, 4) is 0 Å². The maximum absolute atomic E-state index is 12.8. The molecule has 0 saturated carbocycles. The fourth-order valence-corrected chi connectivity index (χ4v) is 1.28. The van der Waals surface area contributed by atoms with Gasteiger partial charge in [0.25, 0.3) is 0 Å². The van der Waals surface area contributed by atoms with Gasteiger partial charge in [0.1, 0.15) is 11.6 Å². The Morgan fingerprint density at radius 2 is 1.62 bits per heavy atom. The van der Waals surface area contributed by atoms with Gasteiger partial charge in [-0.2, -0.15) is 13.2 Å². The molecule has 0 heterocycles. The fraction of sp³-hybridized carbons (Fsp3) is 0.333. The summed E-state index contributed by atoms with van der Waals surface area (Å²) in [5, 5.41) is 0. The minimum atomic E-state index is -4.47. The molecule has 0 amide bonds. The number of hydrogen-bond acceptors (Lipinski definition) is 2. The Hall–Kier alpha value is -1.21. The number of alkyl halides is 3. The lowest BCUT2D eigenvalue weighted by Crippen LogP contribution is -2.31. The third kappa shape index (κ3) is 3.74. The first-order chi connectivity index (χ1) is 7.31. The van der Waals surface area contributed by atoms with Gasteiger partial charge in [-0.25, -0.2) is 8.78 Å². The molecule has 2 nitrogen and oxygen atoms in total. The van der Waals surface area contributed by atoms with E-state index in [1.54, 1.807) is 0 Å². The van der Waals surface area contributed by atoms with E-state index in [2.05, 4.69) is 0 Å². The highest BCUT2D eigenvalue weighted by molar-refractivity contribution is 5.21. The van der Waals surface area contributed by atoms with Gasteiger partial charge in [-0.15, -0.1) is 0 Å². The SMILES string of the molecule is NNC(CC(F)(F)F)c1cc(F)cc(F)c1. The van der Waals surface area contributed by atoms with Crippen molar-refractivity contribution in [3.05, 3.63) is 35.4 Å². The first-order valence-electron chi connectivity index (χ1n) is 4.30. The average molecular weight is 240 g/mol. The van der Waals surface area contributed by atoms with Gasteiger partial charge in [0.15, 0.2) is 0 Å². The third-order valence-electron chi connectivity index (χ3n) is 1.92. The monoisotopic (exact) mass is 240 g/mol. The minimum absolute atomic E-state index is 0.183. The maximum atomic E-state index is 12.8. The van der Waals surface area contributed by atoms with E-state index in [9.17, 15) is 22.0 Å². The van der Waals surface area contributed by atoms with E-state index in [-0.39, 0.29) is 5.56 Å². The highest BCUT2D eigenvalue weighted by Crippen LogP contribution is 2.29. The molecule has 0 aromatic heterocycles. The zero-order valence-electron chi connectivity index (χ0n) is 7.98. The van der Waals surface area contributed by atoms with Crippen LogP contribution >= 0.6 is 0 Å². The van der Waals surface area contributed by atoms with E-state index in [1.807, 2.05) is 5.43 Å². The summed E-state index contributed by atoms with van der Waals surface area (Å²) in [4.78, 5) is 0. The van der Waals surface area contributed by atoms with Gasteiger partial charge in [-0.1, -0.05) is 0 Å². The van der Waals surface area contributed by atoms with Gasteiger partial charge in [0.2, 0.25) is 0 Å². The van der Waals surface area contributed by atoms with Crippen LogP contribution in [-0.4, -0.2) is 6.18 Å². The van der Waals surface area contributed by atoms with Crippen molar-refractivity contribution in [1.29, 1.82) is 0 Å². The predicted octanol–water partition coefficient (Wildman–Crippen LogP) is 2.42. The molecule has 0 aliphatic carbocycles. The molecule has 90 valence electrons. The van der Waals surface area contributed by atoms with Crippen LogP contribution < -0.4 is 11.3 Å². The van der Waals surface area contributed by atoms with Crippen LogP contribution in [0.1, 0.15) is 18.0 Å². The molecule has 1 unspecified atom stereocenters. The first kappa shape index (κ1) is 12.9. The van der Waals surface area contributed by atoms with Gasteiger partial charge in [0, 0.05) is 6.07 Å². The molecule has 1 aromatic rings. The van der Waals surface area contributed by atoms with E-state index in [0.717, 1.165) is 12.1 Å². The summed E-state index contributed by atoms with van der Waals surface area (Å²) in [5.74, 6) is 3.02. The number of halogens is 5. The molecule has 0 bridgehead atoms.